The molecule has 0 aliphatic carbocycles. The number of rotatable bonds is 4. The molecule has 1 aliphatic heterocycles. The van der Waals surface area contributed by atoms with Gasteiger partial charge in [-0.05, 0) is 30.7 Å². The summed E-state index contributed by atoms with van der Waals surface area (Å²) in [4.78, 5) is 4.23. The second-order valence-corrected chi connectivity index (χ2v) is 5.71. The number of fused-ring (bicyclic) bond motifs is 1. The molecule has 2 aromatic heterocycles. The summed E-state index contributed by atoms with van der Waals surface area (Å²) < 4.78 is 16.9. The van der Waals surface area contributed by atoms with Gasteiger partial charge in [-0.15, -0.1) is 0 Å². The summed E-state index contributed by atoms with van der Waals surface area (Å²) in [7, 11) is 0. The van der Waals surface area contributed by atoms with Crippen molar-refractivity contribution in [1.29, 1.82) is 0 Å². The van der Waals surface area contributed by atoms with Crippen LogP contribution in [0.25, 0.3) is 5.69 Å². The largest absolute Gasteiger partial charge is 0.306 e. The standard InChI is InChI=1S/C16H17FN6/c17-12-2-1-3-15(8-12)22-7-6-13(21-22)9-18-14-4-5-16-19-11-20-23(16)10-14/h1-3,6-8,11,14,18H,4-5,9-10H2/t14-/m1/s1. The Kier molecular flexibility index (Phi) is 3.63. The topological polar surface area (TPSA) is 60.6 Å². The highest BCUT2D eigenvalue weighted by Crippen LogP contribution is 2.13. The van der Waals surface area contributed by atoms with Crippen LogP contribution >= 0.6 is 0 Å². The number of halogens is 1. The zero-order valence-electron chi connectivity index (χ0n) is 12.6. The molecular weight excluding hydrogens is 295 g/mol. The first-order chi connectivity index (χ1) is 11.3. The minimum absolute atomic E-state index is 0.261. The molecule has 118 valence electrons. The van der Waals surface area contributed by atoms with Gasteiger partial charge in [0.2, 0.25) is 0 Å². The molecule has 3 aromatic rings. The van der Waals surface area contributed by atoms with Gasteiger partial charge in [-0.25, -0.2) is 18.7 Å². The predicted octanol–water partition coefficient (Wildman–Crippen LogP) is 1.71. The molecule has 0 saturated heterocycles. The normalized spacial score (nSPS) is 17.2. The van der Waals surface area contributed by atoms with E-state index in [1.807, 2.05) is 23.0 Å². The lowest BCUT2D eigenvalue weighted by Gasteiger charge is -2.23. The van der Waals surface area contributed by atoms with Crippen molar-refractivity contribution < 1.29 is 4.39 Å². The minimum atomic E-state index is -0.261. The van der Waals surface area contributed by atoms with Gasteiger partial charge in [-0.3, -0.25) is 0 Å². The highest BCUT2D eigenvalue weighted by Gasteiger charge is 2.19. The number of nitrogens with zero attached hydrogens (tertiary/aromatic N) is 5. The first-order valence-corrected chi connectivity index (χ1v) is 7.68. The van der Waals surface area contributed by atoms with Crippen LogP contribution in [-0.2, 0) is 19.5 Å². The molecule has 1 N–H and O–H groups in total. The van der Waals surface area contributed by atoms with E-state index in [0.717, 1.165) is 36.6 Å². The van der Waals surface area contributed by atoms with Crippen LogP contribution in [0.2, 0.25) is 0 Å². The summed E-state index contributed by atoms with van der Waals surface area (Å²) in [5.74, 6) is 0.793. The van der Waals surface area contributed by atoms with E-state index < -0.39 is 0 Å². The van der Waals surface area contributed by atoms with Crippen molar-refractivity contribution in [3.8, 4) is 5.69 Å². The van der Waals surface area contributed by atoms with Crippen LogP contribution in [0.3, 0.4) is 0 Å². The van der Waals surface area contributed by atoms with Crippen LogP contribution in [-0.4, -0.2) is 30.6 Å². The summed E-state index contributed by atoms with van der Waals surface area (Å²) in [6.45, 7) is 1.51. The van der Waals surface area contributed by atoms with E-state index in [-0.39, 0.29) is 5.82 Å². The van der Waals surface area contributed by atoms with Crippen molar-refractivity contribution >= 4 is 0 Å². The Morgan fingerprint density at radius 2 is 2.26 bits per heavy atom. The smallest absolute Gasteiger partial charge is 0.138 e. The molecule has 1 aromatic carbocycles. The molecule has 0 saturated carbocycles. The van der Waals surface area contributed by atoms with Gasteiger partial charge < -0.3 is 5.32 Å². The van der Waals surface area contributed by atoms with E-state index in [0.29, 0.717) is 12.6 Å². The number of aryl methyl sites for hydroxylation is 1. The molecule has 0 fully saturated rings. The van der Waals surface area contributed by atoms with E-state index in [2.05, 4.69) is 20.5 Å². The van der Waals surface area contributed by atoms with E-state index in [9.17, 15) is 4.39 Å². The van der Waals surface area contributed by atoms with Crippen LogP contribution in [0.15, 0.2) is 42.9 Å². The lowest BCUT2D eigenvalue weighted by molar-refractivity contribution is 0.356. The van der Waals surface area contributed by atoms with E-state index in [1.54, 1.807) is 17.1 Å². The molecule has 6 nitrogen and oxygen atoms in total. The van der Waals surface area contributed by atoms with Gasteiger partial charge in [0.05, 0.1) is 17.9 Å². The van der Waals surface area contributed by atoms with Crippen molar-refractivity contribution in [2.75, 3.05) is 0 Å². The van der Waals surface area contributed by atoms with Gasteiger partial charge in [0.25, 0.3) is 0 Å². The second-order valence-electron chi connectivity index (χ2n) is 5.71. The van der Waals surface area contributed by atoms with Gasteiger partial charge in [0, 0.05) is 25.2 Å². The van der Waals surface area contributed by atoms with E-state index in [1.165, 1.54) is 12.1 Å². The highest BCUT2D eigenvalue weighted by atomic mass is 19.1. The number of benzene rings is 1. The molecule has 0 spiro atoms. The maximum Gasteiger partial charge on any atom is 0.138 e. The molecule has 4 rings (SSSR count). The predicted molar refractivity (Wildman–Crippen MR) is 82.5 cm³/mol. The van der Waals surface area contributed by atoms with Gasteiger partial charge in [-0.1, -0.05) is 6.07 Å². The lowest BCUT2D eigenvalue weighted by atomic mass is 10.1. The van der Waals surface area contributed by atoms with Crippen LogP contribution in [0, 0.1) is 5.82 Å². The third-order valence-corrected chi connectivity index (χ3v) is 4.09. The van der Waals surface area contributed by atoms with Gasteiger partial charge in [-0.2, -0.15) is 10.2 Å². The SMILES string of the molecule is Fc1cccc(-n2ccc(CN[C@@H]3CCc4ncnn4C3)n2)c1. The van der Waals surface area contributed by atoms with E-state index >= 15 is 0 Å². The van der Waals surface area contributed by atoms with Crippen LogP contribution in [0.4, 0.5) is 4.39 Å². The molecule has 23 heavy (non-hydrogen) atoms. The van der Waals surface area contributed by atoms with Crippen molar-refractivity contribution in [3.63, 3.8) is 0 Å². The van der Waals surface area contributed by atoms with Crippen molar-refractivity contribution in [1.82, 2.24) is 29.9 Å². The van der Waals surface area contributed by atoms with Crippen LogP contribution in [0.1, 0.15) is 17.9 Å². The Labute approximate surface area is 133 Å². The van der Waals surface area contributed by atoms with Crippen LogP contribution in [0.5, 0.6) is 0 Å². The Morgan fingerprint density at radius 1 is 1.30 bits per heavy atom. The summed E-state index contributed by atoms with van der Waals surface area (Å²) in [6, 6.07) is 8.72. The molecular formula is C16H17FN6. The Morgan fingerprint density at radius 3 is 3.17 bits per heavy atom. The molecule has 0 amide bonds. The summed E-state index contributed by atoms with van der Waals surface area (Å²) in [6.07, 6.45) is 5.44. The third kappa shape index (κ3) is 3.00. The molecule has 0 bridgehead atoms. The van der Waals surface area contributed by atoms with E-state index in [4.69, 9.17) is 0 Å². The Hall–Kier alpha value is -2.54. The average Bonchev–Trinajstić information content (AvgIpc) is 3.21. The fourth-order valence-corrected chi connectivity index (χ4v) is 2.87. The van der Waals surface area contributed by atoms with Gasteiger partial charge in [0.1, 0.15) is 18.0 Å². The average molecular weight is 312 g/mol. The number of aromatic nitrogens is 5. The first-order valence-electron chi connectivity index (χ1n) is 7.68. The maximum absolute atomic E-state index is 13.3. The van der Waals surface area contributed by atoms with Crippen LogP contribution < -0.4 is 5.32 Å². The highest BCUT2D eigenvalue weighted by molar-refractivity contribution is 5.31. The molecule has 0 radical (unpaired) electrons. The number of nitrogens with one attached hydrogen (secondary N) is 1. The maximum atomic E-state index is 13.3. The molecule has 1 atom stereocenters. The zero-order chi connectivity index (χ0) is 15.6. The van der Waals surface area contributed by atoms with Crippen molar-refractivity contribution in [2.24, 2.45) is 0 Å². The molecule has 0 unspecified atom stereocenters. The van der Waals surface area contributed by atoms with Gasteiger partial charge >= 0.3 is 0 Å². The third-order valence-electron chi connectivity index (χ3n) is 4.09. The zero-order valence-corrected chi connectivity index (χ0v) is 12.6. The second kappa shape index (κ2) is 5.92. The monoisotopic (exact) mass is 312 g/mol. The van der Waals surface area contributed by atoms with Crippen molar-refractivity contribution in [3.05, 3.63) is 60.2 Å². The Balaban J connectivity index is 1.39. The summed E-state index contributed by atoms with van der Waals surface area (Å²) in [5, 5.41) is 12.2. The van der Waals surface area contributed by atoms with Crippen molar-refractivity contribution in [2.45, 2.75) is 32.0 Å². The number of hydrogen-bond acceptors (Lipinski definition) is 4. The fourth-order valence-electron chi connectivity index (χ4n) is 2.87. The molecule has 3 heterocycles. The number of hydrogen-bond donors (Lipinski definition) is 1. The molecule has 1 aliphatic rings. The molecule has 7 heteroatoms. The first kappa shape index (κ1) is 14.1. The fraction of sp³-hybridized carbons (Fsp3) is 0.312. The summed E-state index contributed by atoms with van der Waals surface area (Å²) in [5.41, 5.74) is 1.65. The summed E-state index contributed by atoms with van der Waals surface area (Å²) >= 11 is 0. The van der Waals surface area contributed by atoms with Gasteiger partial charge in [0.15, 0.2) is 0 Å². The quantitative estimate of drug-likeness (QED) is 0.797. The lowest BCUT2D eigenvalue weighted by Crippen LogP contribution is -2.37. The minimum Gasteiger partial charge on any atom is -0.306 e. The Bertz CT molecular complexity index is 808.